The zero-order valence-electron chi connectivity index (χ0n) is 15.1. The van der Waals surface area contributed by atoms with Crippen molar-refractivity contribution in [2.75, 3.05) is 13.7 Å². The number of likely N-dealkylation sites (N-methyl/N-ethyl adjacent to an activating group) is 1. The smallest absolute Gasteiger partial charge is 0.387 e. The zero-order chi connectivity index (χ0) is 19.1. The summed E-state index contributed by atoms with van der Waals surface area (Å²) in [6.45, 7) is -0.633. The molecule has 0 saturated heterocycles. The Morgan fingerprint density at radius 2 is 1.81 bits per heavy atom. The van der Waals surface area contributed by atoms with Crippen LogP contribution in [0.5, 0.6) is 11.5 Å². The fourth-order valence-corrected chi connectivity index (χ4v) is 2.50. The summed E-state index contributed by atoms with van der Waals surface area (Å²) in [5, 5.41) is 0. The minimum atomic E-state index is -2.94. The fourth-order valence-electron chi connectivity index (χ4n) is 2.50. The summed E-state index contributed by atoms with van der Waals surface area (Å²) in [7, 11) is 1.63. The molecular formula is C19H23ClF2N2O3. The number of rotatable bonds is 8. The van der Waals surface area contributed by atoms with Crippen molar-refractivity contribution < 1.29 is 23.0 Å². The van der Waals surface area contributed by atoms with Crippen LogP contribution in [0.15, 0.2) is 48.5 Å². The first kappa shape index (κ1) is 22.7. The molecule has 2 rings (SSSR count). The molecule has 5 nitrogen and oxygen atoms in total. The van der Waals surface area contributed by atoms with Crippen LogP contribution in [0.25, 0.3) is 0 Å². The number of ether oxygens (including phenoxy) is 2. The number of carbonyl (C=O) groups excluding carboxylic acids is 1. The molecule has 0 aliphatic heterocycles. The molecule has 0 fully saturated rings. The SMILES string of the molecule is CCOc1cc(CN(C)C(=O)C(N)c2ccccc2)ccc1OC(F)F.Cl. The third kappa shape index (κ3) is 6.37. The van der Waals surface area contributed by atoms with Crippen molar-refractivity contribution in [3.05, 3.63) is 59.7 Å². The van der Waals surface area contributed by atoms with Gasteiger partial charge in [0, 0.05) is 13.6 Å². The molecule has 0 bridgehead atoms. The standard InChI is InChI=1S/C19H22F2N2O3.ClH/c1-3-25-16-11-13(9-10-15(16)26-19(20)21)12-23(2)18(24)17(22)14-7-5-4-6-8-14;/h4-11,17,19H,3,12,22H2,1-2H3;1H. The van der Waals surface area contributed by atoms with Gasteiger partial charge in [-0.15, -0.1) is 12.4 Å². The number of hydrogen-bond donors (Lipinski definition) is 1. The van der Waals surface area contributed by atoms with E-state index in [0.29, 0.717) is 12.2 Å². The lowest BCUT2D eigenvalue weighted by atomic mass is 10.1. The minimum absolute atomic E-state index is 0. The van der Waals surface area contributed by atoms with Crippen molar-refractivity contribution in [1.29, 1.82) is 0 Å². The largest absolute Gasteiger partial charge is 0.490 e. The highest BCUT2D eigenvalue weighted by Gasteiger charge is 2.20. The van der Waals surface area contributed by atoms with E-state index in [1.54, 1.807) is 38.2 Å². The van der Waals surface area contributed by atoms with Crippen LogP contribution in [0.3, 0.4) is 0 Å². The monoisotopic (exact) mass is 400 g/mol. The number of alkyl halides is 2. The van der Waals surface area contributed by atoms with Crippen LogP contribution in [0.4, 0.5) is 8.78 Å². The summed E-state index contributed by atoms with van der Waals surface area (Å²) in [5.74, 6) is -0.0823. The maximum absolute atomic E-state index is 12.5. The topological polar surface area (TPSA) is 64.8 Å². The van der Waals surface area contributed by atoms with Gasteiger partial charge >= 0.3 is 6.61 Å². The van der Waals surface area contributed by atoms with Gasteiger partial charge in [0.15, 0.2) is 11.5 Å². The van der Waals surface area contributed by atoms with E-state index < -0.39 is 12.7 Å². The highest BCUT2D eigenvalue weighted by Crippen LogP contribution is 2.30. The van der Waals surface area contributed by atoms with Crippen molar-refractivity contribution in [1.82, 2.24) is 4.90 Å². The zero-order valence-corrected chi connectivity index (χ0v) is 15.9. The molecule has 0 aromatic heterocycles. The van der Waals surface area contributed by atoms with E-state index in [-0.39, 0.29) is 36.4 Å². The Morgan fingerprint density at radius 3 is 2.41 bits per heavy atom. The molecule has 0 aliphatic carbocycles. The van der Waals surface area contributed by atoms with Gasteiger partial charge in [0.05, 0.1) is 6.61 Å². The first-order valence-corrected chi connectivity index (χ1v) is 8.18. The van der Waals surface area contributed by atoms with Gasteiger partial charge in [-0.05, 0) is 30.2 Å². The average molecular weight is 401 g/mol. The minimum Gasteiger partial charge on any atom is -0.490 e. The number of amides is 1. The van der Waals surface area contributed by atoms with E-state index in [1.165, 1.54) is 11.0 Å². The first-order valence-electron chi connectivity index (χ1n) is 8.18. The second kappa shape index (κ2) is 10.7. The predicted molar refractivity (Wildman–Crippen MR) is 101 cm³/mol. The van der Waals surface area contributed by atoms with Gasteiger partial charge in [0.2, 0.25) is 5.91 Å². The summed E-state index contributed by atoms with van der Waals surface area (Å²) in [4.78, 5) is 14.0. The quantitative estimate of drug-likeness (QED) is 0.732. The average Bonchev–Trinajstić information content (AvgIpc) is 2.63. The Hall–Kier alpha value is -2.38. The normalized spacial score (nSPS) is 11.5. The van der Waals surface area contributed by atoms with Gasteiger partial charge in [-0.3, -0.25) is 4.79 Å². The third-order valence-corrected chi connectivity index (χ3v) is 3.74. The van der Waals surface area contributed by atoms with Crippen LogP contribution >= 0.6 is 12.4 Å². The van der Waals surface area contributed by atoms with Crippen molar-refractivity contribution in [3.63, 3.8) is 0 Å². The van der Waals surface area contributed by atoms with E-state index in [2.05, 4.69) is 4.74 Å². The Labute approximate surface area is 163 Å². The number of carbonyl (C=O) groups is 1. The molecular weight excluding hydrogens is 378 g/mol. The number of nitrogens with two attached hydrogens (primary N) is 1. The van der Waals surface area contributed by atoms with Crippen molar-refractivity contribution in [2.24, 2.45) is 5.73 Å². The summed E-state index contributed by atoms with van der Waals surface area (Å²) in [6, 6.07) is 12.9. The molecule has 0 spiro atoms. The molecule has 0 radical (unpaired) electrons. The van der Waals surface area contributed by atoms with Crippen molar-refractivity contribution in [2.45, 2.75) is 26.1 Å². The van der Waals surface area contributed by atoms with Gasteiger partial charge in [0.1, 0.15) is 6.04 Å². The Morgan fingerprint density at radius 1 is 1.15 bits per heavy atom. The van der Waals surface area contributed by atoms with Gasteiger partial charge in [-0.2, -0.15) is 8.78 Å². The van der Waals surface area contributed by atoms with E-state index in [4.69, 9.17) is 10.5 Å². The molecule has 0 aliphatic rings. The number of halogens is 3. The molecule has 1 amide bonds. The van der Waals surface area contributed by atoms with Crippen LogP contribution < -0.4 is 15.2 Å². The van der Waals surface area contributed by atoms with Gasteiger partial charge in [-0.25, -0.2) is 0 Å². The molecule has 2 N–H and O–H groups in total. The molecule has 2 aromatic rings. The highest BCUT2D eigenvalue weighted by atomic mass is 35.5. The Kier molecular flexibility index (Phi) is 8.97. The third-order valence-electron chi connectivity index (χ3n) is 3.74. The number of hydrogen-bond acceptors (Lipinski definition) is 4. The number of nitrogens with zero attached hydrogens (tertiary/aromatic N) is 1. The lowest BCUT2D eigenvalue weighted by molar-refractivity contribution is -0.131. The van der Waals surface area contributed by atoms with Gasteiger partial charge in [-0.1, -0.05) is 36.4 Å². The fraction of sp³-hybridized carbons (Fsp3) is 0.316. The van der Waals surface area contributed by atoms with Crippen molar-refractivity contribution in [3.8, 4) is 11.5 Å². The van der Waals surface area contributed by atoms with Crippen LogP contribution in [0.1, 0.15) is 24.1 Å². The van der Waals surface area contributed by atoms with Crippen LogP contribution in [-0.4, -0.2) is 31.1 Å². The maximum Gasteiger partial charge on any atom is 0.387 e. The lowest BCUT2D eigenvalue weighted by Crippen LogP contribution is -2.35. The van der Waals surface area contributed by atoms with E-state index >= 15 is 0 Å². The molecule has 27 heavy (non-hydrogen) atoms. The summed E-state index contributed by atoms with van der Waals surface area (Å²) >= 11 is 0. The van der Waals surface area contributed by atoms with Gasteiger partial charge in [0.25, 0.3) is 0 Å². The molecule has 1 unspecified atom stereocenters. The predicted octanol–water partition coefficient (Wildman–Crippen LogP) is 3.77. The molecule has 0 heterocycles. The van der Waals surface area contributed by atoms with Gasteiger partial charge < -0.3 is 20.1 Å². The maximum atomic E-state index is 12.5. The lowest BCUT2D eigenvalue weighted by Gasteiger charge is -2.22. The Balaban J connectivity index is 0.00000364. The molecule has 1 atom stereocenters. The summed E-state index contributed by atoms with van der Waals surface area (Å²) < 4.78 is 34.7. The van der Waals surface area contributed by atoms with Crippen molar-refractivity contribution >= 4 is 18.3 Å². The number of benzene rings is 2. The van der Waals surface area contributed by atoms with Crippen LogP contribution in [0, 0.1) is 0 Å². The van der Waals surface area contributed by atoms with E-state index in [9.17, 15) is 13.6 Å². The highest BCUT2D eigenvalue weighted by molar-refractivity contribution is 5.85. The second-order valence-corrected chi connectivity index (χ2v) is 5.68. The second-order valence-electron chi connectivity index (χ2n) is 5.68. The summed E-state index contributed by atoms with van der Waals surface area (Å²) in [6.07, 6.45) is 0. The molecule has 0 saturated carbocycles. The Bertz CT molecular complexity index is 732. The van der Waals surface area contributed by atoms with Crippen LogP contribution in [-0.2, 0) is 11.3 Å². The molecule has 148 valence electrons. The molecule has 8 heteroatoms. The first-order chi connectivity index (χ1) is 12.4. The van der Waals surface area contributed by atoms with E-state index in [0.717, 1.165) is 5.56 Å². The summed E-state index contributed by atoms with van der Waals surface area (Å²) in [5.41, 5.74) is 7.47. The van der Waals surface area contributed by atoms with E-state index in [1.807, 2.05) is 18.2 Å². The van der Waals surface area contributed by atoms with Crippen LogP contribution in [0.2, 0.25) is 0 Å². The molecule has 2 aromatic carbocycles.